The van der Waals surface area contributed by atoms with Crippen molar-refractivity contribution < 1.29 is 27.2 Å². The Morgan fingerprint density at radius 3 is 2.70 bits per heavy atom. The second kappa shape index (κ2) is 6.72. The average molecular weight is 328 g/mol. The van der Waals surface area contributed by atoms with Gasteiger partial charge < -0.3 is 14.6 Å². The van der Waals surface area contributed by atoms with E-state index in [1.165, 1.54) is 12.1 Å². The topological polar surface area (TPSA) is 64.4 Å². The molecule has 8 heteroatoms. The molecule has 0 radical (unpaired) electrons. The third kappa shape index (κ3) is 5.01. The van der Waals surface area contributed by atoms with Crippen LogP contribution in [0.3, 0.4) is 0 Å². The van der Waals surface area contributed by atoms with E-state index in [2.05, 4.69) is 15.2 Å². The Bertz CT molecular complexity index is 676. The fraction of sp³-hybridized carbons (Fsp3) is 0.333. The lowest BCUT2D eigenvalue weighted by Gasteiger charge is -2.10. The number of halogens is 3. The van der Waals surface area contributed by atoms with Gasteiger partial charge in [0.25, 0.3) is 0 Å². The maximum atomic E-state index is 12.2. The van der Waals surface area contributed by atoms with Crippen molar-refractivity contribution in [3.8, 4) is 5.75 Å². The number of benzene rings is 1. The van der Waals surface area contributed by atoms with Gasteiger partial charge in [-0.3, -0.25) is 4.79 Å². The average Bonchev–Trinajstić information content (AvgIpc) is 2.74. The molecule has 23 heavy (non-hydrogen) atoms. The summed E-state index contributed by atoms with van der Waals surface area (Å²) >= 11 is 0. The standard InChI is InChI=1S/C15H15F3N2O3/c1-9-13(10(2)23-20-9)6-7-14(21)19-11-4-3-5-12(8-11)22-15(16,17)18/h3-5,8H,6-7H2,1-2H3,(H,19,21). The molecule has 0 unspecified atom stereocenters. The summed E-state index contributed by atoms with van der Waals surface area (Å²) < 4.78 is 45.3. The summed E-state index contributed by atoms with van der Waals surface area (Å²) in [6, 6.07) is 5.12. The normalized spacial score (nSPS) is 11.3. The van der Waals surface area contributed by atoms with Gasteiger partial charge in [0.05, 0.1) is 5.69 Å². The Kier molecular flexibility index (Phi) is 4.92. The SMILES string of the molecule is Cc1noc(C)c1CCC(=O)Nc1cccc(OC(F)(F)F)c1. The van der Waals surface area contributed by atoms with Crippen LogP contribution in [0.25, 0.3) is 0 Å². The summed E-state index contributed by atoms with van der Waals surface area (Å²) in [7, 11) is 0. The number of aromatic nitrogens is 1. The van der Waals surface area contributed by atoms with Crippen LogP contribution in [0.15, 0.2) is 28.8 Å². The van der Waals surface area contributed by atoms with E-state index in [1.807, 2.05) is 0 Å². The molecule has 0 aliphatic carbocycles. The number of amides is 1. The van der Waals surface area contributed by atoms with Crippen LogP contribution >= 0.6 is 0 Å². The maximum Gasteiger partial charge on any atom is 0.573 e. The number of nitrogens with zero attached hydrogens (tertiary/aromatic N) is 1. The third-order valence-corrected chi connectivity index (χ3v) is 3.13. The summed E-state index contributed by atoms with van der Waals surface area (Å²) in [6.45, 7) is 3.53. The van der Waals surface area contributed by atoms with Crippen LogP contribution in [0.5, 0.6) is 5.75 Å². The molecular weight excluding hydrogens is 313 g/mol. The van der Waals surface area contributed by atoms with Crippen molar-refractivity contribution in [2.45, 2.75) is 33.1 Å². The van der Waals surface area contributed by atoms with Gasteiger partial charge in [0, 0.05) is 23.7 Å². The molecule has 0 saturated carbocycles. The van der Waals surface area contributed by atoms with E-state index in [4.69, 9.17) is 4.52 Å². The molecule has 0 aliphatic heterocycles. The molecule has 0 atom stereocenters. The smallest absolute Gasteiger partial charge is 0.406 e. The zero-order valence-corrected chi connectivity index (χ0v) is 12.5. The Morgan fingerprint density at radius 1 is 1.35 bits per heavy atom. The quantitative estimate of drug-likeness (QED) is 0.907. The molecule has 0 bridgehead atoms. The number of rotatable bonds is 5. The predicted molar refractivity (Wildman–Crippen MR) is 76.1 cm³/mol. The molecule has 1 aromatic carbocycles. The molecule has 124 valence electrons. The van der Waals surface area contributed by atoms with Gasteiger partial charge in [-0.2, -0.15) is 0 Å². The highest BCUT2D eigenvalue weighted by Crippen LogP contribution is 2.25. The molecule has 0 aliphatic rings. The lowest BCUT2D eigenvalue weighted by Crippen LogP contribution is -2.17. The molecule has 2 rings (SSSR count). The summed E-state index contributed by atoms with van der Waals surface area (Å²) in [6.07, 6.45) is -4.18. The zero-order valence-electron chi connectivity index (χ0n) is 12.5. The molecule has 0 saturated heterocycles. The van der Waals surface area contributed by atoms with E-state index in [9.17, 15) is 18.0 Å². The molecule has 1 amide bonds. The zero-order chi connectivity index (χ0) is 17.0. The van der Waals surface area contributed by atoms with Gasteiger partial charge in [-0.25, -0.2) is 0 Å². The molecule has 1 heterocycles. The molecule has 2 aromatic rings. The van der Waals surface area contributed by atoms with Gasteiger partial charge in [-0.05, 0) is 32.4 Å². The number of nitrogens with one attached hydrogen (secondary N) is 1. The molecule has 1 N–H and O–H groups in total. The number of alkyl halides is 3. The van der Waals surface area contributed by atoms with Crippen molar-refractivity contribution >= 4 is 11.6 Å². The molecular formula is C15H15F3N2O3. The third-order valence-electron chi connectivity index (χ3n) is 3.13. The van der Waals surface area contributed by atoms with Crippen molar-refractivity contribution in [3.63, 3.8) is 0 Å². The van der Waals surface area contributed by atoms with Gasteiger partial charge in [0.1, 0.15) is 11.5 Å². The van der Waals surface area contributed by atoms with Crippen LogP contribution < -0.4 is 10.1 Å². The number of carbonyl (C=O) groups excluding carboxylic acids is 1. The number of aryl methyl sites for hydroxylation is 2. The fourth-order valence-corrected chi connectivity index (χ4v) is 2.09. The van der Waals surface area contributed by atoms with E-state index in [1.54, 1.807) is 13.8 Å². The van der Waals surface area contributed by atoms with E-state index >= 15 is 0 Å². The summed E-state index contributed by atoms with van der Waals surface area (Å²) in [5, 5.41) is 6.33. The first-order valence-electron chi connectivity index (χ1n) is 6.82. The minimum Gasteiger partial charge on any atom is -0.406 e. The Morgan fingerprint density at radius 2 is 2.09 bits per heavy atom. The Balaban J connectivity index is 1.94. The van der Waals surface area contributed by atoms with Crippen LogP contribution in [0.2, 0.25) is 0 Å². The van der Waals surface area contributed by atoms with Gasteiger partial charge in [-0.15, -0.1) is 13.2 Å². The van der Waals surface area contributed by atoms with Gasteiger partial charge in [0.15, 0.2) is 0 Å². The second-order valence-electron chi connectivity index (χ2n) is 4.93. The Labute approximate surface area is 130 Å². The predicted octanol–water partition coefficient (Wildman–Crippen LogP) is 3.76. The van der Waals surface area contributed by atoms with Crippen LogP contribution in [0, 0.1) is 13.8 Å². The molecule has 0 spiro atoms. The fourth-order valence-electron chi connectivity index (χ4n) is 2.09. The highest BCUT2D eigenvalue weighted by Gasteiger charge is 2.31. The monoisotopic (exact) mass is 328 g/mol. The lowest BCUT2D eigenvalue weighted by molar-refractivity contribution is -0.274. The first kappa shape index (κ1) is 16.9. The highest BCUT2D eigenvalue weighted by atomic mass is 19.4. The van der Waals surface area contributed by atoms with Crippen molar-refractivity contribution in [1.82, 2.24) is 5.16 Å². The van der Waals surface area contributed by atoms with E-state index in [0.29, 0.717) is 12.2 Å². The first-order valence-corrected chi connectivity index (χ1v) is 6.82. The van der Waals surface area contributed by atoms with Gasteiger partial charge >= 0.3 is 6.36 Å². The maximum absolute atomic E-state index is 12.2. The largest absolute Gasteiger partial charge is 0.573 e. The minimum atomic E-state index is -4.77. The summed E-state index contributed by atoms with van der Waals surface area (Å²) in [5.74, 6) is -0.0638. The van der Waals surface area contributed by atoms with Gasteiger partial charge in [0.2, 0.25) is 5.91 Å². The minimum absolute atomic E-state index is 0.160. The van der Waals surface area contributed by atoms with Crippen molar-refractivity contribution in [2.24, 2.45) is 0 Å². The van der Waals surface area contributed by atoms with E-state index in [0.717, 1.165) is 23.4 Å². The van der Waals surface area contributed by atoms with Crippen LogP contribution in [-0.4, -0.2) is 17.4 Å². The summed E-state index contributed by atoms with van der Waals surface area (Å²) in [4.78, 5) is 11.9. The number of anilines is 1. The van der Waals surface area contributed by atoms with Crippen LogP contribution in [0.4, 0.5) is 18.9 Å². The highest BCUT2D eigenvalue weighted by molar-refractivity contribution is 5.91. The number of carbonyl (C=O) groups is 1. The second-order valence-corrected chi connectivity index (χ2v) is 4.93. The van der Waals surface area contributed by atoms with E-state index < -0.39 is 6.36 Å². The lowest BCUT2D eigenvalue weighted by atomic mass is 10.1. The first-order chi connectivity index (χ1) is 10.7. The summed E-state index contributed by atoms with van der Waals surface area (Å²) in [5.41, 5.74) is 1.81. The van der Waals surface area contributed by atoms with Gasteiger partial charge in [-0.1, -0.05) is 11.2 Å². The van der Waals surface area contributed by atoms with Crippen LogP contribution in [-0.2, 0) is 11.2 Å². The number of hydrogen-bond acceptors (Lipinski definition) is 4. The number of ether oxygens (including phenoxy) is 1. The Hall–Kier alpha value is -2.51. The number of hydrogen-bond donors (Lipinski definition) is 1. The molecule has 5 nitrogen and oxygen atoms in total. The van der Waals surface area contributed by atoms with E-state index in [-0.39, 0.29) is 23.8 Å². The molecule has 0 fully saturated rings. The molecule has 1 aromatic heterocycles. The van der Waals surface area contributed by atoms with Crippen molar-refractivity contribution in [2.75, 3.05) is 5.32 Å². The van der Waals surface area contributed by atoms with Crippen molar-refractivity contribution in [3.05, 3.63) is 41.3 Å². The van der Waals surface area contributed by atoms with Crippen molar-refractivity contribution in [1.29, 1.82) is 0 Å². The van der Waals surface area contributed by atoms with Crippen LogP contribution in [0.1, 0.15) is 23.4 Å².